The zero-order valence-electron chi connectivity index (χ0n) is 10.5. The molecule has 0 saturated carbocycles. The van der Waals surface area contributed by atoms with Crippen molar-refractivity contribution >= 4 is 27.4 Å². The van der Waals surface area contributed by atoms with Gasteiger partial charge < -0.3 is 16.2 Å². The van der Waals surface area contributed by atoms with Crippen molar-refractivity contribution in [1.29, 1.82) is 0 Å². The van der Waals surface area contributed by atoms with E-state index >= 15 is 0 Å². The van der Waals surface area contributed by atoms with Gasteiger partial charge in [0.15, 0.2) is 0 Å². The summed E-state index contributed by atoms with van der Waals surface area (Å²) in [6.07, 6.45) is 3.33. The molecular formula is C12H20BrN3O. The molecule has 0 aromatic carbocycles. The predicted octanol–water partition coefficient (Wildman–Crippen LogP) is 2.70. The molecule has 96 valence electrons. The van der Waals surface area contributed by atoms with Gasteiger partial charge in [0.05, 0.1) is 22.0 Å². The smallest absolute Gasteiger partial charge is 0.140 e. The first kappa shape index (κ1) is 14.3. The molecule has 17 heavy (non-hydrogen) atoms. The molecule has 4 N–H and O–H groups in total. The van der Waals surface area contributed by atoms with Gasteiger partial charge in [0.2, 0.25) is 0 Å². The number of rotatable bonds is 5. The third-order valence-corrected chi connectivity index (χ3v) is 3.70. The summed E-state index contributed by atoms with van der Waals surface area (Å²) in [5, 5.41) is 13.2. The van der Waals surface area contributed by atoms with Gasteiger partial charge in [-0.1, -0.05) is 13.3 Å². The number of aromatic nitrogens is 1. The second-order valence-corrected chi connectivity index (χ2v) is 5.39. The lowest BCUT2D eigenvalue weighted by molar-refractivity contribution is 0.0636. The molecule has 0 radical (unpaired) electrons. The number of nitrogens with zero attached hydrogens (tertiary/aromatic N) is 1. The first-order chi connectivity index (χ1) is 7.87. The normalized spacial score (nSPS) is 14.4. The van der Waals surface area contributed by atoms with Crippen LogP contribution in [0.4, 0.5) is 11.5 Å². The maximum atomic E-state index is 10.1. The van der Waals surface area contributed by atoms with Gasteiger partial charge in [0.25, 0.3) is 0 Å². The molecule has 1 aromatic heterocycles. The van der Waals surface area contributed by atoms with E-state index in [4.69, 9.17) is 5.73 Å². The van der Waals surface area contributed by atoms with Crippen molar-refractivity contribution in [2.45, 2.75) is 39.2 Å². The topological polar surface area (TPSA) is 71.2 Å². The number of nitrogen functional groups attached to an aromatic ring is 1. The van der Waals surface area contributed by atoms with Gasteiger partial charge in [-0.25, -0.2) is 4.98 Å². The Bertz CT molecular complexity index is 394. The standard InChI is InChI=1S/C12H20BrN3O/c1-4-5-12(3,17)7-16-11-10(13)8(2)9(14)6-15-11/h6,17H,4-5,7,14H2,1-3H3,(H,15,16). The molecule has 0 aliphatic carbocycles. The van der Waals surface area contributed by atoms with E-state index in [2.05, 4.69) is 33.2 Å². The summed E-state index contributed by atoms with van der Waals surface area (Å²) in [4.78, 5) is 4.21. The van der Waals surface area contributed by atoms with Gasteiger partial charge in [0.1, 0.15) is 5.82 Å². The summed E-state index contributed by atoms with van der Waals surface area (Å²) in [7, 11) is 0. The maximum absolute atomic E-state index is 10.1. The van der Waals surface area contributed by atoms with E-state index in [-0.39, 0.29) is 0 Å². The highest BCUT2D eigenvalue weighted by Crippen LogP contribution is 2.28. The van der Waals surface area contributed by atoms with Crippen LogP contribution in [0.3, 0.4) is 0 Å². The highest BCUT2D eigenvalue weighted by Gasteiger charge is 2.19. The van der Waals surface area contributed by atoms with Crippen molar-refractivity contribution in [2.75, 3.05) is 17.6 Å². The minimum atomic E-state index is -0.717. The van der Waals surface area contributed by atoms with E-state index in [0.717, 1.165) is 22.9 Å². The third kappa shape index (κ3) is 3.85. The van der Waals surface area contributed by atoms with E-state index in [1.165, 1.54) is 0 Å². The Morgan fingerprint density at radius 1 is 1.59 bits per heavy atom. The van der Waals surface area contributed by atoms with Crippen LogP contribution >= 0.6 is 15.9 Å². The molecule has 0 fully saturated rings. The van der Waals surface area contributed by atoms with Crippen LogP contribution in [-0.2, 0) is 0 Å². The number of nitrogens with one attached hydrogen (secondary N) is 1. The van der Waals surface area contributed by atoms with Crippen LogP contribution in [0, 0.1) is 6.92 Å². The molecule has 0 amide bonds. The van der Waals surface area contributed by atoms with E-state index in [0.29, 0.717) is 18.1 Å². The Morgan fingerprint density at radius 2 is 2.24 bits per heavy atom. The zero-order chi connectivity index (χ0) is 13.1. The Balaban J connectivity index is 2.73. The molecular weight excluding hydrogens is 282 g/mol. The summed E-state index contributed by atoms with van der Waals surface area (Å²) in [5.41, 5.74) is 6.64. The van der Waals surface area contributed by atoms with Crippen LogP contribution in [0.25, 0.3) is 0 Å². The van der Waals surface area contributed by atoms with Crippen LogP contribution in [0.2, 0.25) is 0 Å². The first-order valence-corrected chi connectivity index (χ1v) is 6.53. The van der Waals surface area contributed by atoms with E-state index in [9.17, 15) is 5.11 Å². The van der Waals surface area contributed by atoms with Crippen molar-refractivity contribution in [3.05, 3.63) is 16.2 Å². The van der Waals surface area contributed by atoms with Gasteiger partial charge in [-0.15, -0.1) is 0 Å². The van der Waals surface area contributed by atoms with Gasteiger partial charge in [0, 0.05) is 6.54 Å². The monoisotopic (exact) mass is 301 g/mol. The minimum absolute atomic E-state index is 0.468. The molecule has 1 unspecified atom stereocenters. The van der Waals surface area contributed by atoms with Crippen LogP contribution in [-0.4, -0.2) is 22.2 Å². The Labute approximate surface area is 111 Å². The second-order valence-electron chi connectivity index (χ2n) is 4.60. The van der Waals surface area contributed by atoms with Crippen LogP contribution < -0.4 is 11.1 Å². The Morgan fingerprint density at radius 3 is 2.82 bits per heavy atom. The molecule has 0 spiro atoms. The Kier molecular flexibility index (Phi) is 4.77. The SMILES string of the molecule is CCCC(C)(O)CNc1ncc(N)c(C)c1Br. The Hall–Kier alpha value is -0.810. The lowest BCUT2D eigenvalue weighted by Crippen LogP contribution is -2.33. The lowest BCUT2D eigenvalue weighted by atomic mass is 10.0. The van der Waals surface area contributed by atoms with Gasteiger partial charge in [-0.05, 0) is 41.8 Å². The second kappa shape index (κ2) is 5.69. The van der Waals surface area contributed by atoms with E-state index in [1.807, 2.05) is 13.8 Å². The molecule has 1 heterocycles. The number of pyridine rings is 1. The number of aliphatic hydroxyl groups is 1. The molecule has 1 atom stereocenters. The highest BCUT2D eigenvalue weighted by atomic mass is 79.9. The van der Waals surface area contributed by atoms with Crippen molar-refractivity contribution in [1.82, 2.24) is 4.98 Å². The van der Waals surface area contributed by atoms with Crippen LogP contribution in [0.1, 0.15) is 32.3 Å². The van der Waals surface area contributed by atoms with Crippen molar-refractivity contribution in [2.24, 2.45) is 0 Å². The van der Waals surface area contributed by atoms with Crippen LogP contribution in [0.15, 0.2) is 10.7 Å². The number of halogens is 1. The summed E-state index contributed by atoms with van der Waals surface area (Å²) >= 11 is 3.45. The molecule has 1 aromatic rings. The number of nitrogens with two attached hydrogens (primary N) is 1. The average Bonchev–Trinajstić information content (AvgIpc) is 2.25. The zero-order valence-corrected chi connectivity index (χ0v) is 12.1. The number of hydrogen-bond donors (Lipinski definition) is 3. The molecule has 5 heteroatoms. The van der Waals surface area contributed by atoms with Crippen LogP contribution in [0.5, 0.6) is 0 Å². The van der Waals surface area contributed by atoms with Gasteiger partial charge in [-0.3, -0.25) is 0 Å². The highest BCUT2D eigenvalue weighted by molar-refractivity contribution is 9.10. The number of hydrogen-bond acceptors (Lipinski definition) is 4. The lowest BCUT2D eigenvalue weighted by Gasteiger charge is -2.23. The van der Waals surface area contributed by atoms with Gasteiger partial charge in [-0.2, -0.15) is 0 Å². The summed E-state index contributed by atoms with van der Waals surface area (Å²) < 4.78 is 0.852. The molecule has 0 aliphatic rings. The number of anilines is 2. The third-order valence-electron chi connectivity index (χ3n) is 2.73. The first-order valence-electron chi connectivity index (χ1n) is 5.74. The maximum Gasteiger partial charge on any atom is 0.140 e. The quantitative estimate of drug-likeness (QED) is 0.782. The average molecular weight is 302 g/mol. The molecule has 0 saturated heterocycles. The summed E-state index contributed by atoms with van der Waals surface area (Å²) in [6.45, 7) is 6.27. The molecule has 4 nitrogen and oxygen atoms in total. The van der Waals surface area contributed by atoms with E-state index < -0.39 is 5.60 Å². The summed E-state index contributed by atoms with van der Waals surface area (Å²) in [5.74, 6) is 0.716. The molecule has 0 bridgehead atoms. The van der Waals surface area contributed by atoms with Crippen molar-refractivity contribution < 1.29 is 5.11 Å². The van der Waals surface area contributed by atoms with Gasteiger partial charge >= 0.3 is 0 Å². The fourth-order valence-corrected chi connectivity index (χ4v) is 2.09. The predicted molar refractivity (Wildman–Crippen MR) is 75.1 cm³/mol. The van der Waals surface area contributed by atoms with Crippen molar-refractivity contribution in [3.8, 4) is 0 Å². The molecule has 1 rings (SSSR count). The summed E-state index contributed by atoms with van der Waals surface area (Å²) in [6, 6.07) is 0. The van der Waals surface area contributed by atoms with E-state index in [1.54, 1.807) is 6.20 Å². The fourth-order valence-electron chi connectivity index (χ4n) is 1.62. The fraction of sp³-hybridized carbons (Fsp3) is 0.583. The minimum Gasteiger partial charge on any atom is -0.397 e. The van der Waals surface area contributed by atoms with Crippen molar-refractivity contribution in [3.63, 3.8) is 0 Å². The largest absolute Gasteiger partial charge is 0.397 e. The molecule has 0 aliphatic heterocycles.